The summed E-state index contributed by atoms with van der Waals surface area (Å²) < 4.78 is 0. The first-order valence-corrected chi connectivity index (χ1v) is 4.45. The Labute approximate surface area is 64.0 Å². The third-order valence-electron chi connectivity index (χ3n) is 2.49. The van der Waals surface area contributed by atoms with Crippen molar-refractivity contribution in [2.45, 2.75) is 45.6 Å². The van der Waals surface area contributed by atoms with Crippen molar-refractivity contribution in [3.63, 3.8) is 0 Å². The molecule has 0 amide bonds. The summed E-state index contributed by atoms with van der Waals surface area (Å²) >= 11 is 0. The van der Waals surface area contributed by atoms with Crippen molar-refractivity contribution >= 4 is 0 Å². The van der Waals surface area contributed by atoms with Gasteiger partial charge in [-0.2, -0.15) is 0 Å². The first kappa shape index (κ1) is 8.06. The van der Waals surface area contributed by atoms with Crippen molar-refractivity contribution < 1.29 is 0 Å². The van der Waals surface area contributed by atoms with Crippen molar-refractivity contribution in [3.05, 3.63) is 0 Å². The van der Waals surface area contributed by atoms with E-state index in [1.165, 1.54) is 25.7 Å². The zero-order valence-corrected chi connectivity index (χ0v) is 7.14. The predicted octanol–water partition coefficient (Wildman–Crippen LogP) is 2.16. The standard InChI is InChI=1S/C9H19N/c1-7(2)6-8-4-3-5-9(8)10/h7-9H,3-6,10H2,1-2H3/t8-,9+/m0/s1. The highest BCUT2D eigenvalue weighted by Gasteiger charge is 2.23. The molecule has 1 saturated carbocycles. The Hall–Kier alpha value is -0.0400. The minimum Gasteiger partial charge on any atom is -0.327 e. The van der Waals surface area contributed by atoms with Crippen LogP contribution < -0.4 is 5.73 Å². The summed E-state index contributed by atoms with van der Waals surface area (Å²) in [5, 5.41) is 0. The number of rotatable bonds is 2. The number of nitrogens with two attached hydrogens (primary N) is 1. The quantitative estimate of drug-likeness (QED) is 0.626. The van der Waals surface area contributed by atoms with E-state index in [1.54, 1.807) is 0 Å². The molecule has 0 aliphatic heterocycles. The van der Waals surface area contributed by atoms with Crippen molar-refractivity contribution in [1.82, 2.24) is 0 Å². The summed E-state index contributed by atoms with van der Waals surface area (Å²) in [5.41, 5.74) is 5.93. The summed E-state index contributed by atoms with van der Waals surface area (Å²) in [6.45, 7) is 4.57. The van der Waals surface area contributed by atoms with E-state index in [-0.39, 0.29) is 0 Å². The summed E-state index contributed by atoms with van der Waals surface area (Å²) in [5.74, 6) is 1.66. The Morgan fingerprint density at radius 3 is 2.50 bits per heavy atom. The van der Waals surface area contributed by atoms with Gasteiger partial charge in [-0.15, -0.1) is 0 Å². The molecule has 0 aromatic heterocycles. The second-order valence-electron chi connectivity index (χ2n) is 3.98. The van der Waals surface area contributed by atoms with Crippen LogP contribution in [0.1, 0.15) is 39.5 Å². The molecule has 10 heavy (non-hydrogen) atoms. The van der Waals surface area contributed by atoms with Crippen molar-refractivity contribution in [1.29, 1.82) is 0 Å². The third kappa shape index (κ3) is 1.98. The lowest BCUT2D eigenvalue weighted by Gasteiger charge is -2.16. The lowest BCUT2D eigenvalue weighted by Crippen LogP contribution is -2.25. The molecular weight excluding hydrogens is 122 g/mol. The Morgan fingerprint density at radius 1 is 1.40 bits per heavy atom. The van der Waals surface area contributed by atoms with Crippen molar-refractivity contribution in [2.75, 3.05) is 0 Å². The molecule has 0 heterocycles. The van der Waals surface area contributed by atoms with Crippen LogP contribution in [0.5, 0.6) is 0 Å². The SMILES string of the molecule is CC(C)C[C@@H]1CCC[C@H]1N. The zero-order valence-electron chi connectivity index (χ0n) is 7.14. The largest absolute Gasteiger partial charge is 0.327 e. The topological polar surface area (TPSA) is 26.0 Å². The van der Waals surface area contributed by atoms with Crippen LogP contribution in [0.2, 0.25) is 0 Å². The van der Waals surface area contributed by atoms with Crippen LogP contribution in [0.4, 0.5) is 0 Å². The maximum atomic E-state index is 5.93. The van der Waals surface area contributed by atoms with Crippen LogP contribution in [-0.4, -0.2) is 6.04 Å². The van der Waals surface area contributed by atoms with Gasteiger partial charge in [0.05, 0.1) is 0 Å². The molecule has 1 nitrogen and oxygen atoms in total. The molecule has 2 atom stereocenters. The molecule has 0 spiro atoms. The lowest BCUT2D eigenvalue weighted by molar-refractivity contribution is 0.383. The molecule has 0 aromatic rings. The van der Waals surface area contributed by atoms with E-state index in [1.807, 2.05) is 0 Å². The van der Waals surface area contributed by atoms with E-state index < -0.39 is 0 Å². The molecule has 2 N–H and O–H groups in total. The van der Waals surface area contributed by atoms with Gasteiger partial charge >= 0.3 is 0 Å². The van der Waals surface area contributed by atoms with Gasteiger partial charge < -0.3 is 5.73 Å². The fraction of sp³-hybridized carbons (Fsp3) is 1.00. The van der Waals surface area contributed by atoms with Gasteiger partial charge in [-0.25, -0.2) is 0 Å². The van der Waals surface area contributed by atoms with Gasteiger partial charge in [-0.05, 0) is 31.1 Å². The molecule has 0 saturated heterocycles. The molecule has 1 heteroatoms. The molecule has 0 bridgehead atoms. The summed E-state index contributed by atoms with van der Waals surface area (Å²) in [6, 6.07) is 0.516. The highest BCUT2D eigenvalue weighted by Crippen LogP contribution is 2.29. The highest BCUT2D eigenvalue weighted by atomic mass is 14.7. The highest BCUT2D eigenvalue weighted by molar-refractivity contribution is 4.80. The van der Waals surface area contributed by atoms with Crippen LogP contribution >= 0.6 is 0 Å². The van der Waals surface area contributed by atoms with E-state index >= 15 is 0 Å². The summed E-state index contributed by atoms with van der Waals surface area (Å²) in [4.78, 5) is 0. The summed E-state index contributed by atoms with van der Waals surface area (Å²) in [7, 11) is 0. The zero-order chi connectivity index (χ0) is 7.56. The van der Waals surface area contributed by atoms with E-state index in [9.17, 15) is 0 Å². The minimum atomic E-state index is 0.516. The van der Waals surface area contributed by atoms with Gasteiger partial charge in [-0.3, -0.25) is 0 Å². The van der Waals surface area contributed by atoms with Crippen molar-refractivity contribution in [3.8, 4) is 0 Å². The van der Waals surface area contributed by atoms with Crippen molar-refractivity contribution in [2.24, 2.45) is 17.6 Å². The predicted molar refractivity (Wildman–Crippen MR) is 44.8 cm³/mol. The second-order valence-corrected chi connectivity index (χ2v) is 3.98. The first-order valence-electron chi connectivity index (χ1n) is 4.45. The third-order valence-corrected chi connectivity index (χ3v) is 2.49. The lowest BCUT2D eigenvalue weighted by atomic mass is 9.93. The van der Waals surface area contributed by atoms with Gasteiger partial charge in [0.25, 0.3) is 0 Å². The van der Waals surface area contributed by atoms with E-state index in [2.05, 4.69) is 13.8 Å². The van der Waals surface area contributed by atoms with Crippen LogP contribution in [0.15, 0.2) is 0 Å². The fourth-order valence-corrected chi connectivity index (χ4v) is 1.96. The first-order chi connectivity index (χ1) is 4.70. The average molecular weight is 141 g/mol. The van der Waals surface area contributed by atoms with Gasteiger partial charge in [-0.1, -0.05) is 20.3 Å². The normalized spacial score (nSPS) is 33.6. The number of hydrogen-bond acceptors (Lipinski definition) is 1. The fourth-order valence-electron chi connectivity index (χ4n) is 1.96. The molecular formula is C9H19N. The van der Waals surface area contributed by atoms with Crippen LogP contribution in [0.25, 0.3) is 0 Å². The van der Waals surface area contributed by atoms with Crippen LogP contribution in [0, 0.1) is 11.8 Å². The molecule has 0 aromatic carbocycles. The Kier molecular flexibility index (Phi) is 2.72. The monoisotopic (exact) mass is 141 g/mol. The van der Waals surface area contributed by atoms with Crippen LogP contribution in [0.3, 0.4) is 0 Å². The Bertz CT molecular complexity index is 98.9. The minimum absolute atomic E-state index is 0.516. The number of hydrogen-bond donors (Lipinski definition) is 1. The Morgan fingerprint density at radius 2 is 2.10 bits per heavy atom. The molecule has 60 valence electrons. The molecule has 0 unspecified atom stereocenters. The Balaban J connectivity index is 2.26. The van der Waals surface area contributed by atoms with Gasteiger partial charge in [0, 0.05) is 6.04 Å². The molecule has 1 fully saturated rings. The van der Waals surface area contributed by atoms with Gasteiger partial charge in [0.15, 0.2) is 0 Å². The van der Waals surface area contributed by atoms with Gasteiger partial charge in [0.2, 0.25) is 0 Å². The van der Waals surface area contributed by atoms with Gasteiger partial charge in [0.1, 0.15) is 0 Å². The van der Waals surface area contributed by atoms with E-state index in [4.69, 9.17) is 5.73 Å². The van der Waals surface area contributed by atoms with E-state index in [0.29, 0.717) is 6.04 Å². The maximum absolute atomic E-state index is 5.93. The maximum Gasteiger partial charge on any atom is 0.00672 e. The smallest absolute Gasteiger partial charge is 0.00672 e. The average Bonchev–Trinajstić information content (AvgIpc) is 2.15. The second kappa shape index (κ2) is 3.38. The molecule has 1 aliphatic carbocycles. The van der Waals surface area contributed by atoms with Crippen LogP contribution in [-0.2, 0) is 0 Å². The van der Waals surface area contributed by atoms with E-state index in [0.717, 1.165) is 11.8 Å². The molecule has 0 radical (unpaired) electrons. The molecule has 1 aliphatic rings. The molecule has 1 rings (SSSR count). The summed E-state index contributed by atoms with van der Waals surface area (Å²) in [6.07, 6.45) is 5.33.